The molecule has 1 aliphatic rings. The van der Waals surface area contributed by atoms with Gasteiger partial charge in [0.1, 0.15) is 0 Å². The molecule has 0 bridgehead atoms. The number of carbonyl (C=O) groups is 1. The maximum Gasteiger partial charge on any atom is 0.416 e. The van der Waals surface area contributed by atoms with E-state index in [0.29, 0.717) is 25.3 Å². The van der Waals surface area contributed by atoms with Gasteiger partial charge in [-0.1, -0.05) is 0 Å². The van der Waals surface area contributed by atoms with Crippen molar-refractivity contribution in [3.63, 3.8) is 0 Å². The molecule has 128 valence electrons. The molecule has 0 radical (unpaired) electrons. The summed E-state index contributed by atoms with van der Waals surface area (Å²) in [5.41, 5.74) is 1.00. The number of amides is 1. The van der Waals surface area contributed by atoms with Crippen molar-refractivity contribution in [2.24, 2.45) is 0 Å². The lowest BCUT2D eigenvalue weighted by Crippen LogP contribution is -2.58. The highest BCUT2D eigenvalue weighted by molar-refractivity contribution is 5.65. The van der Waals surface area contributed by atoms with Gasteiger partial charge in [0.2, 0.25) is 0 Å². The Labute approximate surface area is 136 Å². The van der Waals surface area contributed by atoms with Crippen molar-refractivity contribution in [1.82, 2.24) is 14.8 Å². The highest BCUT2D eigenvalue weighted by Crippen LogP contribution is 2.29. The van der Waals surface area contributed by atoms with Crippen LogP contribution in [0, 0.1) is 0 Å². The molecule has 1 aromatic heterocycles. The van der Waals surface area contributed by atoms with Gasteiger partial charge in [-0.05, 0) is 35.9 Å². The predicted octanol–water partition coefficient (Wildman–Crippen LogP) is 2.95. The minimum absolute atomic E-state index is 0.0421. The van der Waals surface area contributed by atoms with Gasteiger partial charge in [-0.2, -0.15) is 13.2 Å². The Morgan fingerprint density at radius 3 is 2.46 bits per heavy atom. The zero-order chi connectivity index (χ0) is 17.3. The number of carboxylic acid groups (broad SMARTS) is 1. The third kappa shape index (κ3) is 3.70. The number of hydrogen-bond donors (Lipinski definition) is 2. The Morgan fingerprint density at radius 1 is 1.21 bits per heavy atom. The molecule has 0 spiro atoms. The molecule has 2 N–H and O–H groups in total. The molecule has 0 aliphatic carbocycles. The number of nitrogens with one attached hydrogen (secondary N) is 1. The predicted molar refractivity (Wildman–Crippen MR) is 81.0 cm³/mol. The molecule has 8 heteroatoms. The molecule has 2 heterocycles. The first kappa shape index (κ1) is 16.4. The summed E-state index contributed by atoms with van der Waals surface area (Å²) in [6.07, 6.45) is -1.70. The SMILES string of the molecule is O=C(O)NC1CN(Cc2ccn(-c3ccc(C(F)(F)F)cc3)c2)C1. The summed E-state index contributed by atoms with van der Waals surface area (Å²) < 4.78 is 39.5. The lowest BCUT2D eigenvalue weighted by molar-refractivity contribution is -0.137. The quantitative estimate of drug-likeness (QED) is 0.900. The number of nitrogens with zero attached hydrogens (tertiary/aromatic N) is 2. The normalized spacial score (nSPS) is 16.0. The second-order valence-electron chi connectivity index (χ2n) is 5.81. The Bertz CT molecular complexity index is 719. The summed E-state index contributed by atoms with van der Waals surface area (Å²) in [5, 5.41) is 11.0. The fourth-order valence-corrected chi connectivity index (χ4v) is 2.74. The van der Waals surface area contributed by atoms with Gasteiger partial charge in [-0.3, -0.25) is 4.90 Å². The van der Waals surface area contributed by atoms with E-state index in [1.807, 2.05) is 12.3 Å². The van der Waals surface area contributed by atoms with Gasteiger partial charge in [0.15, 0.2) is 0 Å². The minimum atomic E-state index is -4.33. The fourth-order valence-electron chi connectivity index (χ4n) is 2.74. The van der Waals surface area contributed by atoms with Gasteiger partial charge < -0.3 is 15.0 Å². The summed E-state index contributed by atoms with van der Waals surface area (Å²) in [6, 6.07) is 6.85. The van der Waals surface area contributed by atoms with Crippen molar-refractivity contribution in [1.29, 1.82) is 0 Å². The van der Waals surface area contributed by atoms with Crippen LogP contribution in [0.3, 0.4) is 0 Å². The Kier molecular flexibility index (Phi) is 4.23. The van der Waals surface area contributed by atoms with E-state index in [9.17, 15) is 18.0 Å². The van der Waals surface area contributed by atoms with E-state index in [1.165, 1.54) is 12.1 Å². The number of alkyl halides is 3. The third-order valence-electron chi connectivity index (χ3n) is 3.94. The zero-order valence-corrected chi connectivity index (χ0v) is 12.6. The molecule has 24 heavy (non-hydrogen) atoms. The first-order valence-corrected chi connectivity index (χ1v) is 7.37. The lowest BCUT2D eigenvalue weighted by atomic mass is 10.1. The molecule has 2 aromatic rings. The van der Waals surface area contributed by atoms with Crippen LogP contribution in [0.1, 0.15) is 11.1 Å². The molecule has 0 saturated carbocycles. The number of benzene rings is 1. The summed E-state index contributed by atoms with van der Waals surface area (Å²) in [7, 11) is 0. The molecule has 5 nitrogen and oxygen atoms in total. The molecular formula is C16H16F3N3O2. The van der Waals surface area contributed by atoms with E-state index < -0.39 is 17.8 Å². The molecular weight excluding hydrogens is 323 g/mol. The van der Waals surface area contributed by atoms with Gasteiger partial charge in [-0.15, -0.1) is 0 Å². The van der Waals surface area contributed by atoms with Gasteiger partial charge >= 0.3 is 12.3 Å². The van der Waals surface area contributed by atoms with Crippen molar-refractivity contribution >= 4 is 6.09 Å². The lowest BCUT2D eigenvalue weighted by Gasteiger charge is -2.38. The fraction of sp³-hybridized carbons (Fsp3) is 0.312. The summed E-state index contributed by atoms with van der Waals surface area (Å²) in [6.45, 7) is 1.97. The first-order valence-electron chi connectivity index (χ1n) is 7.37. The van der Waals surface area contributed by atoms with Crippen LogP contribution in [-0.2, 0) is 12.7 Å². The van der Waals surface area contributed by atoms with Crippen LogP contribution in [-0.4, -0.2) is 39.8 Å². The van der Waals surface area contributed by atoms with E-state index in [2.05, 4.69) is 10.2 Å². The van der Waals surface area contributed by atoms with Crippen LogP contribution in [0.2, 0.25) is 0 Å². The van der Waals surface area contributed by atoms with Gasteiger partial charge in [-0.25, -0.2) is 4.79 Å². The number of hydrogen-bond acceptors (Lipinski definition) is 2. The second kappa shape index (κ2) is 6.20. The van der Waals surface area contributed by atoms with Crippen LogP contribution in [0.4, 0.5) is 18.0 Å². The minimum Gasteiger partial charge on any atom is -0.465 e. The highest BCUT2D eigenvalue weighted by Gasteiger charge is 2.30. The number of rotatable bonds is 4. The maximum atomic E-state index is 12.6. The molecule has 1 aliphatic heterocycles. The number of aromatic nitrogens is 1. The van der Waals surface area contributed by atoms with E-state index in [0.717, 1.165) is 17.7 Å². The maximum absolute atomic E-state index is 12.6. The number of likely N-dealkylation sites (tertiary alicyclic amines) is 1. The highest BCUT2D eigenvalue weighted by atomic mass is 19.4. The Balaban J connectivity index is 1.59. The smallest absolute Gasteiger partial charge is 0.416 e. The topological polar surface area (TPSA) is 57.5 Å². The monoisotopic (exact) mass is 339 g/mol. The van der Waals surface area contributed by atoms with Crippen molar-refractivity contribution < 1.29 is 23.1 Å². The molecule has 1 amide bonds. The molecule has 0 atom stereocenters. The molecule has 1 fully saturated rings. The molecule has 1 aromatic carbocycles. The zero-order valence-electron chi connectivity index (χ0n) is 12.6. The Morgan fingerprint density at radius 2 is 1.88 bits per heavy atom. The standard InChI is InChI=1S/C16H16F3N3O2/c17-16(18,19)12-1-3-14(4-2-12)22-6-5-11(8-22)7-21-9-13(10-21)20-15(23)24/h1-6,8,13,20H,7,9-10H2,(H,23,24). The van der Waals surface area contributed by atoms with E-state index in [4.69, 9.17) is 5.11 Å². The molecule has 1 saturated heterocycles. The van der Waals surface area contributed by atoms with Crippen molar-refractivity contribution in [3.05, 3.63) is 53.9 Å². The Hall–Kier alpha value is -2.48. The van der Waals surface area contributed by atoms with Crippen molar-refractivity contribution in [3.8, 4) is 5.69 Å². The van der Waals surface area contributed by atoms with Gasteiger partial charge in [0.25, 0.3) is 0 Å². The van der Waals surface area contributed by atoms with Crippen molar-refractivity contribution in [2.75, 3.05) is 13.1 Å². The number of halogens is 3. The van der Waals surface area contributed by atoms with E-state index in [-0.39, 0.29) is 6.04 Å². The largest absolute Gasteiger partial charge is 0.465 e. The van der Waals surface area contributed by atoms with E-state index >= 15 is 0 Å². The summed E-state index contributed by atoms with van der Waals surface area (Å²) >= 11 is 0. The molecule has 3 rings (SSSR count). The average Bonchev–Trinajstić information content (AvgIpc) is 2.92. The van der Waals surface area contributed by atoms with Crippen LogP contribution in [0.5, 0.6) is 0 Å². The van der Waals surface area contributed by atoms with Crippen LogP contribution in [0.15, 0.2) is 42.7 Å². The summed E-state index contributed by atoms with van der Waals surface area (Å²) in [4.78, 5) is 12.6. The second-order valence-corrected chi connectivity index (χ2v) is 5.81. The van der Waals surface area contributed by atoms with E-state index in [1.54, 1.807) is 10.8 Å². The third-order valence-corrected chi connectivity index (χ3v) is 3.94. The van der Waals surface area contributed by atoms with Crippen molar-refractivity contribution in [2.45, 2.75) is 18.8 Å². The van der Waals surface area contributed by atoms with Crippen LogP contribution >= 0.6 is 0 Å². The first-order chi connectivity index (χ1) is 11.3. The van der Waals surface area contributed by atoms with Gasteiger partial charge in [0, 0.05) is 37.7 Å². The van der Waals surface area contributed by atoms with Crippen LogP contribution < -0.4 is 5.32 Å². The van der Waals surface area contributed by atoms with Gasteiger partial charge in [0.05, 0.1) is 11.6 Å². The molecule has 0 unspecified atom stereocenters. The van der Waals surface area contributed by atoms with Crippen LogP contribution in [0.25, 0.3) is 5.69 Å². The average molecular weight is 339 g/mol. The summed E-state index contributed by atoms with van der Waals surface area (Å²) in [5.74, 6) is 0.